The Hall–Kier alpha value is -2.21. The monoisotopic (exact) mass is 276 g/mol. The van der Waals surface area contributed by atoms with Crippen LogP contribution in [0.5, 0.6) is 0 Å². The van der Waals surface area contributed by atoms with Crippen LogP contribution >= 0.6 is 11.3 Å². The van der Waals surface area contributed by atoms with E-state index in [2.05, 4.69) is 10.3 Å². The van der Waals surface area contributed by atoms with E-state index in [0.29, 0.717) is 4.88 Å². The summed E-state index contributed by atoms with van der Waals surface area (Å²) in [6, 6.07) is 6.72. The van der Waals surface area contributed by atoms with Crippen LogP contribution in [0.1, 0.15) is 32.0 Å². The number of aromatic nitrogens is 1. The third-order valence-electron chi connectivity index (χ3n) is 2.49. The molecule has 0 spiro atoms. The van der Waals surface area contributed by atoms with Crippen molar-refractivity contribution in [3.8, 4) is 0 Å². The first-order valence-electron chi connectivity index (χ1n) is 5.70. The number of amides is 1. The van der Waals surface area contributed by atoms with Crippen molar-refractivity contribution < 1.29 is 14.7 Å². The molecule has 19 heavy (non-hydrogen) atoms. The fraction of sp³-hybridized carbons (Fsp3) is 0.154. The molecule has 5 nitrogen and oxygen atoms in total. The van der Waals surface area contributed by atoms with Crippen LogP contribution in [0, 0.1) is 0 Å². The van der Waals surface area contributed by atoms with E-state index >= 15 is 0 Å². The first kappa shape index (κ1) is 13.2. The van der Waals surface area contributed by atoms with E-state index in [1.54, 1.807) is 12.1 Å². The molecule has 2 rings (SSSR count). The van der Waals surface area contributed by atoms with Crippen LogP contribution in [0.15, 0.2) is 30.5 Å². The number of nitrogens with zero attached hydrogens (tertiary/aromatic N) is 1. The van der Waals surface area contributed by atoms with Gasteiger partial charge in [-0.1, -0.05) is 6.92 Å². The number of pyridine rings is 1. The standard InChI is InChI=1S/C13H12N2O3S/c1-2-8-5-6-10(19-8)12(16)15-9-4-3-7-14-11(9)13(17)18/h3-7H,2H2,1H3,(H,15,16)(H,17,18). The Morgan fingerprint density at radius 1 is 1.37 bits per heavy atom. The Labute approximate surface area is 113 Å². The molecule has 0 aliphatic carbocycles. The molecule has 2 N–H and O–H groups in total. The second-order valence-electron chi connectivity index (χ2n) is 3.78. The summed E-state index contributed by atoms with van der Waals surface area (Å²) in [5.74, 6) is -1.49. The minimum atomic E-state index is -1.17. The summed E-state index contributed by atoms with van der Waals surface area (Å²) < 4.78 is 0. The lowest BCUT2D eigenvalue weighted by Gasteiger charge is -2.05. The van der Waals surface area contributed by atoms with Crippen molar-refractivity contribution in [3.05, 3.63) is 45.9 Å². The van der Waals surface area contributed by atoms with Gasteiger partial charge >= 0.3 is 5.97 Å². The molecule has 0 fully saturated rings. The van der Waals surface area contributed by atoms with Crippen molar-refractivity contribution >= 4 is 28.9 Å². The second-order valence-corrected chi connectivity index (χ2v) is 4.95. The summed E-state index contributed by atoms with van der Waals surface area (Å²) in [5.41, 5.74) is 0.0366. The van der Waals surface area contributed by atoms with Crippen molar-refractivity contribution in [1.82, 2.24) is 4.98 Å². The number of carboxylic acids is 1. The van der Waals surface area contributed by atoms with Gasteiger partial charge in [-0.3, -0.25) is 4.79 Å². The Kier molecular flexibility index (Phi) is 3.91. The summed E-state index contributed by atoms with van der Waals surface area (Å²) in [7, 11) is 0. The van der Waals surface area contributed by atoms with E-state index in [4.69, 9.17) is 5.11 Å². The summed E-state index contributed by atoms with van der Waals surface area (Å²) in [5, 5.41) is 11.6. The van der Waals surface area contributed by atoms with Crippen LogP contribution in [0.2, 0.25) is 0 Å². The molecule has 0 radical (unpaired) electrons. The minimum absolute atomic E-state index is 0.164. The van der Waals surface area contributed by atoms with Gasteiger partial charge < -0.3 is 10.4 Å². The predicted molar refractivity (Wildman–Crippen MR) is 72.8 cm³/mol. The highest BCUT2D eigenvalue weighted by atomic mass is 32.1. The van der Waals surface area contributed by atoms with Crippen molar-refractivity contribution in [2.75, 3.05) is 5.32 Å². The first-order chi connectivity index (χ1) is 9.11. The van der Waals surface area contributed by atoms with Crippen LogP contribution in [-0.2, 0) is 6.42 Å². The molecule has 1 amide bonds. The summed E-state index contributed by atoms with van der Waals surface area (Å²) in [4.78, 5) is 28.4. The SMILES string of the molecule is CCc1ccc(C(=O)Nc2cccnc2C(=O)O)s1. The predicted octanol–water partition coefficient (Wildman–Crippen LogP) is 2.66. The third-order valence-corrected chi connectivity index (χ3v) is 3.72. The van der Waals surface area contributed by atoms with Gasteiger partial charge in [-0.15, -0.1) is 11.3 Å². The quantitative estimate of drug-likeness (QED) is 0.899. The zero-order valence-electron chi connectivity index (χ0n) is 10.2. The number of nitrogens with one attached hydrogen (secondary N) is 1. The summed E-state index contributed by atoms with van der Waals surface area (Å²) in [6.07, 6.45) is 2.24. The number of hydrogen-bond acceptors (Lipinski definition) is 4. The van der Waals surface area contributed by atoms with Crippen molar-refractivity contribution in [2.45, 2.75) is 13.3 Å². The normalized spacial score (nSPS) is 10.2. The van der Waals surface area contributed by atoms with Gasteiger partial charge in [0.1, 0.15) is 0 Å². The average molecular weight is 276 g/mol. The maximum atomic E-state index is 12.0. The van der Waals surface area contributed by atoms with Crippen LogP contribution in [-0.4, -0.2) is 22.0 Å². The Morgan fingerprint density at radius 2 is 2.16 bits per heavy atom. The van der Waals surface area contributed by atoms with E-state index in [1.165, 1.54) is 23.6 Å². The van der Waals surface area contributed by atoms with Crippen LogP contribution in [0.25, 0.3) is 0 Å². The molecule has 98 valence electrons. The van der Waals surface area contributed by atoms with E-state index in [1.807, 2.05) is 13.0 Å². The molecule has 0 unspecified atom stereocenters. The number of carboxylic acid groups (broad SMARTS) is 1. The number of anilines is 1. The molecular weight excluding hydrogens is 264 g/mol. The minimum Gasteiger partial charge on any atom is -0.476 e. The topological polar surface area (TPSA) is 79.3 Å². The number of carbonyl (C=O) groups is 2. The van der Waals surface area contributed by atoms with Gasteiger partial charge in [0.05, 0.1) is 10.6 Å². The Morgan fingerprint density at radius 3 is 2.79 bits per heavy atom. The number of aromatic carboxylic acids is 1. The van der Waals surface area contributed by atoms with Crippen LogP contribution < -0.4 is 5.32 Å². The highest BCUT2D eigenvalue weighted by molar-refractivity contribution is 7.14. The Bertz CT molecular complexity index is 622. The third kappa shape index (κ3) is 2.97. The zero-order chi connectivity index (χ0) is 13.8. The molecule has 6 heteroatoms. The Balaban J connectivity index is 2.21. The number of aryl methyl sites for hydroxylation is 1. The number of rotatable bonds is 4. The number of carbonyl (C=O) groups excluding carboxylic acids is 1. The summed E-state index contributed by atoms with van der Waals surface area (Å²) >= 11 is 1.39. The molecule has 0 atom stereocenters. The summed E-state index contributed by atoms with van der Waals surface area (Å²) in [6.45, 7) is 2.01. The molecule has 0 aromatic carbocycles. The maximum absolute atomic E-state index is 12.0. The highest BCUT2D eigenvalue weighted by Crippen LogP contribution is 2.19. The van der Waals surface area contributed by atoms with E-state index in [-0.39, 0.29) is 17.3 Å². The average Bonchev–Trinajstić information content (AvgIpc) is 2.88. The van der Waals surface area contributed by atoms with Gasteiger partial charge in [0.15, 0.2) is 5.69 Å². The fourth-order valence-corrected chi connectivity index (χ4v) is 2.39. The lowest BCUT2D eigenvalue weighted by molar-refractivity contribution is 0.0692. The highest BCUT2D eigenvalue weighted by Gasteiger charge is 2.15. The molecule has 2 heterocycles. The molecule has 0 bridgehead atoms. The van der Waals surface area contributed by atoms with Crippen LogP contribution in [0.4, 0.5) is 5.69 Å². The molecule has 0 aliphatic heterocycles. The van der Waals surface area contributed by atoms with Crippen molar-refractivity contribution in [1.29, 1.82) is 0 Å². The molecule has 0 aliphatic rings. The van der Waals surface area contributed by atoms with Gasteiger partial charge in [0.25, 0.3) is 5.91 Å². The lowest BCUT2D eigenvalue weighted by Crippen LogP contribution is -2.14. The molecule has 2 aromatic heterocycles. The van der Waals surface area contributed by atoms with E-state index in [0.717, 1.165) is 11.3 Å². The molecule has 2 aromatic rings. The van der Waals surface area contributed by atoms with Gasteiger partial charge in [0, 0.05) is 11.1 Å². The maximum Gasteiger partial charge on any atom is 0.356 e. The van der Waals surface area contributed by atoms with E-state index < -0.39 is 5.97 Å². The molecule has 0 saturated carbocycles. The van der Waals surface area contributed by atoms with Gasteiger partial charge in [-0.25, -0.2) is 9.78 Å². The zero-order valence-corrected chi connectivity index (χ0v) is 11.0. The van der Waals surface area contributed by atoms with Gasteiger partial charge in [-0.05, 0) is 30.7 Å². The first-order valence-corrected chi connectivity index (χ1v) is 6.52. The largest absolute Gasteiger partial charge is 0.476 e. The van der Waals surface area contributed by atoms with E-state index in [9.17, 15) is 9.59 Å². The van der Waals surface area contributed by atoms with Gasteiger partial charge in [-0.2, -0.15) is 0 Å². The molecular formula is C13H12N2O3S. The molecule has 0 saturated heterocycles. The van der Waals surface area contributed by atoms with Crippen molar-refractivity contribution in [3.63, 3.8) is 0 Å². The number of thiophene rings is 1. The lowest BCUT2D eigenvalue weighted by atomic mass is 10.3. The number of hydrogen-bond donors (Lipinski definition) is 2. The smallest absolute Gasteiger partial charge is 0.356 e. The van der Waals surface area contributed by atoms with Gasteiger partial charge in [0.2, 0.25) is 0 Å². The van der Waals surface area contributed by atoms with Crippen LogP contribution in [0.3, 0.4) is 0 Å². The fourth-order valence-electron chi connectivity index (χ4n) is 1.55. The van der Waals surface area contributed by atoms with Crippen molar-refractivity contribution in [2.24, 2.45) is 0 Å². The second kappa shape index (κ2) is 5.62.